The Morgan fingerprint density at radius 1 is 0.923 bits per heavy atom. The maximum absolute atomic E-state index is 10.5. The minimum Gasteiger partial charge on any atom is -0.393 e. The van der Waals surface area contributed by atoms with Gasteiger partial charge in [-0.15, -0.1) is 0 Å². The smallest absolute Gasteiger partial charge is 0.111 e. The summed E-state index contributed by atoms with van der Waals surface area (Å²) in [4.78, 5) is 0.306. The molecule has 0 aromatic carbocycles. The first-order valence-corrected chi connectivity index (χ1v) is 10.8. The van der Waals surface area contributed by atoms with Crippen LogP contribution in [-0.4, -0.2) is 62.4 Å². The molecule has 3 fully saturated rings. The summed E-state index contributed by atoms with van der Waals surface area (Å²) in [7, 11) is 0. The second-order valence-corrected chi connectivity index (χ2v) is 10.8. The molecule has 26 heavy (non-hydrogen) atoms. The van der Waals surface area contributed by atoms with Crippen LogP contribution in [0.1, 0.15) is 73.1 Å². The van der Waals surface area contributed by atoms with Crippen molar-refractivity contribution < 1.29 is 24.4 Å². The number of rotatable bonds is 2. The van der Waals surface area contributed by atoms with Crippen LogP contribution in [0.5, 0.6) is 0 Å². The lowest BCUT2D eigenvalue weighted by Gasteiger charge is -2.48. The monoisotopic (exact) mass is 434 g/mol. The highest BCUT2D eigenvalue weighted by atomic mass is 79.9. The van der Waals surface area contributed by atoms with Gasteiger partial charge in [-0.2, -0.15) is 0 Å². The van der Waals surface area contributed by atoms with Gasteiger partial charge in [0.05, 0.1) is 41.7 Å². The fourth-order valence-electron chi connectivity index (χ4n) is 4.74. The minimum absolute atomic E-state index is 0.0166. The van der Waals surface area contributed by atoms with Crippen molar-refractivity contribution in [1.82, 2.24) is 0 Å². The van der Waals surface area contributed by atoms with Crippen molar-refractivity contribution in [2.24, 2.45) is 0 Å². The highest BCUT2D eigenvalue weighted by molar-refractivity contribution is 9.09. The summed E-state index contributed by atoms with van der Waals surface area (Å²) in [6.07, 6.45) is 4.75. The van der Waals surface area contributed by atoms with Gasteiger partial charge in [-0.25, -0.2) is 0 Å². The summed E-state index contributed by atoms with van der Waals surface area (Å²) < 4.78 is 19.6. The molecule has 0 aromatic rings. The normalized spacial score (nSPS) is 48.5. The van der Waals surface area contributed by atoms with E-state index >= 15 is 0 Å². The second-order valence-electron chi connectivity index (χ2n) is 9.69. The van der Waals surface area contributed by atoms with Crippen molar-refractivity contribution in [2.75, 3.05) is 6.61 Å². The van der Waals surface area contributed by atoms with Gasteiger partial charge in [-0.3, -0.25) is 0 Å². The quantitative estimate of drug-likeness (QED) is 0.652. The first-order valence-electron chi connectivity index (χ1n) is 9.93. The van der Waals surface area contributed by atoms with Gasteiger partial charge in [0.25, 0.3) is 0 Å². The lowest BCUT2D eigenvalue weighted by Crippen LogP contribution is -2.58. The van der Waals surface area contributed by atoms with Crippen LogP contribution < -0.4 is 0 Å². The Bertz CT molecular complexity index is 524. The Morgan fingerprint density at radius 2 is 1.50 bits per heavy atom. The number of aliphatic hydroxyl groups is 2. The third-order valence-corrected chi connectivity index (χ3v) is 8.45. The Hall–Kier alpha value is 0.280. The molecule has 0 aliphatic carbocycles. The van der Waals surface area contributed by atoms with E-state index in [0.717, 1.165) is 32.1 Å². The molecule has 3 aliphatic rings. The standard InChI is InChI=1S/C20H35BrO5/c1-17(2)13(21)8-10-19(4)16(24-17)9-11-20(5)15(26-19)7-6-14(25-20)18(3,23)12-22/h13-16,22-23H,6-12H2,1-5H3/t13-,14-,15-,16+,18+,19-,20+/m0/s1. The van der Waals surface area contributed by atoms with Crippen molar-refractivity contribution in [3.05, 3.63) is 0 Å². The van der Waals surface area contributed by atoms with E-state index in [2.05, 4.69) is 43.6 Å². The molecule has 0 spiro atoms. The van der Waals surface area contributed by atoms with E-state index in [9.17, 15) is 10.2 Å². The van der Waals surface area contributed by atoms with Crippen LogP contribution in [0, 0.1) is 0 Å². The lowest BCUT2D eigenvalue weighted by atomic mass is 9.82. The molecule has 7 atom stereocenters. The first kappa shape index (κ1) is 21.0. The van der Waals surface area contributed by atoms with Gasteiger partial charge in [0.2, 0.25) is 0 Å². The zero-order valence-corrected chi connectivity index (χ0v) is 18.3. The van der Waals surface area contributed by atoms with Crippen LogP contribution >= 0.6 is 15.9 Å². The molecule has 2 N–H and O–H groups in total. The fourth-order valence-corrected chi connectivity index (χ4v) is 5.08. The van der Waals surface area contributed by atoms with Gasteiger partial charge >= 0.3 is 0 Å². The number of ether oxygens (including phenoxy) is 3. The molecule has 3 rings (SSSR count). The molecule has 3 aliphatic heterocycles. The maximum Gasteiger partial charge on any atom is 0.111 e. The number of hydrogen-bond acceptors (Lipinski definition) is 5. The predicted octanol–water partition coefficient (Wildman–Crippen LogP) is 3.33. The number of hydrogen-bond donors (Lipinski definition) is 2. The zero-order chi connectivity index (χ0) is 19.4. The van der Waals surface area contributed by atoms with Crippen LogP contribution in [0.3, 0.4) is 0 Å². The Labute approximate surface area is 165 Å². The van der Waals surface area contributed by atoms with Crippen LogP contribution in [0.4, 0.5) is 0 Å². The largest absolute Gasteiger partial charge is 0.393 e. The topological polar surface area (TPSA) is 68.2 Å². The molecule has 0 bridgehead atoms. The number of aliphatic hydroxyl groups excluding tert-OH is 1. The first-order chi connectivity index (χ1) is 11.9. The number of halogens is 1. The van der Waals surface area contributed by atoms with Crippen molar-refractivity contribution in [3.63, 3.8) is 0 Å². The van der Waals surface area contributed by atoms with Crippen LogP contribution in [0.2, 0.25) is 0 Å². The van der Waals surface area contributed by atoms with Gasteiger partial charge in [-0.05, 0) is 73.1 Å². The van der Waals surface area contributed by atoms with Crippen molar-refractivity contribution in [1.29, 1.82) is 0 Å². The van der Waals surface area contributed by atoms with E-state index in [4.69, 9.17) is 14.2 Å². The van der Waals surface area contributed by atoms with Crippen LogP contribution in [-0.2, 0) is 14.2 Å². The molecule has 0 aromatic heterocycles. The highest BCUT2D eigenvalue weighted by Gasteiger charge is 2.55. The van der Waals surface area contributed by atoms with E-state index < -0.39 is 11.2 Å². The van der Waals surface area contributed by atoms with E-state index in [1.54, 1.807) is 6.92 Å². The predicted molar refractivity (Wildman–Crippen MR) is 104 cm³/mol. The lowest BCUT2D eigenvalue weighted by molar-refractivity contribution is -0.263. The molecule has 0 amide bonds. The van der Waals surface area contributed by atoms with E-state index in [0.29, 0.717) is 11.2 Å². The summed E-state index contributed by atoms with van der Waals surface area (Å²) in [6, 6.07) is 0. The van der Waals surface area contributed by atoms with Crippen LogP contribution in [0.15, 0.2) is 0 Å². The van der Waals surface area contributed by atoms with Crippen molar-refractivity contribution in [3.8, 4) is 0 Å². The SMILES string of the molecule is CC1(C)O[C@@H]2CC[C@@]3(C)O[C@H]([C@](C)(O)CO)CC[C@@H]3O[C@@]2(C)CC[C@@H]1Br. The number of fused-ring (bicyclic) bond motifs is 2. The summed E-state index contributed by atoms with van der Waals surface area (Å²) in [6.45, 7) is 9.89. The van der Waals surface area contributed by atoms with Crippen molar-refractivity contribution >= 4 is 15.9 Å². The van der Waals surface area contributed by atoms with E-state index in [1.807, 2.05) is 0 Å². The summed E-state index contributed by atoms with van der Waals surface area (Å²) >= 11 is 3.80. The number of alkyl halides is 1. The Kier molecular flexibility index (Phi) is 5.62. The summed E-state index contributed by atoms with van der Waals surface area (Å²) in [5.41, 5.74) is -2.28. The molecule has 6 heteroatoms. The fraction of sp³-hybridized carbons (Fsp3) is 1.00. The Morgan fingerprint density at radius 3 is 2.15 bits per heavy atom. The zero-order valence-electron chi connectivity index (χ0n) is 16.8. The van der Waals surface area contributed by atoms with E-state index in [1.165, 1.54) is 0 Å². The average Bonchev–Trinajstić information content (AvgIpc) is 2.72. The van der Waals surface area contributed by atoms with Gasteiger partial charge < -0.3 is 24.4 Å². The molecule has 5 nitrogen and oxygen atoms in total. The Balaban J connectivity index is 1.83. The van der Waals surface area contributed by atoms with Gasteiger partial charge in [-0.1, -0.05) is 15.9 Å². The molecule has 3 saturated heterocycles. The molecular weight excluding hydrogens is 400 g/mol. The molecule has 3 heterocycles. The highest BCUT2D eigenvalue weighted by Crippen LogP contribution is 2.48. The minimum atomic E-state index is -1.23. The molecule has 0 saturated carbocycles. The third kappa shape index (κ3) is 3.74. The van der Waals surface area contributed by atoms with Gasteiger partial charge in [0.1, 0.15) is 5.60 Å². The third-order valence-electron chi connectivity index (χ3n) is 6.89. The van der Waals surface area contributed by atoms with Gasteiger partial charge in [0, 0.05) is 4.83 Å². The average molecular weight is 435 g/mol. The molecule has 152 valence electrons. The maximum atomic E-state index is 10.5. The molecular formula is C20H35BrO5. The summed E-state index contributed by atoms with van der Waals surface area (Å²) in [5.74, 6) is 0. The molecule has 0 unspecified atom stereocenters. The van der Waals surface area contributed by atoms with E-state index in [-0.39, 0.29) is 36.1 Å². The van der Waals surface area contributed by atoms with Gasteiger partial charge in [0.15, 0.2) is 0 Å². The second kappa shape index (κ2) is 6.96. The van der Waals surface area contributed by atoms with Crippen molar-refractivity contribution in [2.45, 2.75) is 119 Å². The summed E-state index contributed by atoms with van der Waals surface area (Å²) in [5, 5.41) is 20.0. The molecule has 0 radical (unpaired) electrons. The van der Waals surface area contributed by atoms with Crippen LogP contribution in [0.25, 0.3) is 0 Å².